The van der Waals surface area contributed by atoms with E-state index in [1.807, 2.05) is 24.3 Å². The first-order valence-electron chi connectivity index (χ1n) is 8.66. The van der Waals surface area contributed by atoms with Crippen LogP contribution in [0.15, 0.2) is 54.9 Å². The fourth-order valence-electron chi connectivity index (χ4n) is 2.59. The Morgan fingerprint density at radius 3 is 2.37 bits per heavy atom. The van der Waals surface area contributed by atoms with Crippen LogP contribution in [0.3, 0.4) is 0 Å². The van der Waals surface area contributed by atoms with E-state index in [4.69, 9.17) is 0 Å². The number of aliphatic hydroxyl groups excluding tert-OH is 1. The van der Waals surface area contributed by atoms with E-state index in [1.54, 1.807) is 0 Å². The second-order valence-corrected chi connectivity index (χ2v) is 6.59. The highest BCUT2D eigenvalue weighted by molar-refractivity contribution is 6.01. The van der Waals surface area contributed by atoms with Gasteiger partial charge < -0.3 is 10.4 Å². The summed E-state index contributed by atoms with van der Waals surface area (Å²) < 4.78 is 14.3. The van der Waals surface area contributed by atoms with Crippen LogP contribution in [0.5, 0.6) is 0 Å². The number of benzene rings is 2. The lowest BCUT2D eigenvalue weighted by Gasteiger charge is -2.10. The number of hydrogen-bond donors (Lipinski definition) is 2. The molecule has 27 heavy (non-hydrogen) atoms. The van der Waals surface area contributed by atoms with Crippen LogP contribution in [0, 0.1) is 5.82 Å². The molecule has 0 spiro atoms. The molecule has 0 bridgehead atoms. The van der Waals surface area contributed by atoms with E-state index in [0.29, 0.717) is 17.2 Å². The number of rotatable bonds is 6. The molecule has 0 aliphatic carbocycles. The van der Waals surface area contributed by atoms with Crippen molar-refractivity contribution in [2.24, 2.45) is 0 Å². The van der Waals surface area contributed by atoms with Gasteiger partial charge in [-0.05, 0) is 41.3 Å². The molecule has 2 N–H and O–H groups in total. The first-order valence-corrected chi connectivity index (χ1v) is 8.66. The molecule has 0 saturated heterocycles. The summed E-state index contributed by atoms with van der Waals surface area (Å²) in [5, 5.41) is 17.0. The fraction of sp³-hybridized carbons (Fsp3) is 0.250. The van der Waals surface area contributed by atoms with Gasteiger partial charge in [-0.2, -0.15) is 0 Å². The molecule has 0 aliphatic heterocycles. The Kier molecular flexibility index (Phi) is 5.61. The molecule has 0 unspecified atom stereocenters. The van der Waals surface area contributed by atoms with E-state index in [2.05, 4.69) is 29.2 Å². The maximum absolute atomic E-state index is 13.0. The predicted octanol–water partition coefficient (Wildman–Crippen LogP) is 3.53. The number of carbonyl (C=O) groups excluding carboxylic acids is 1. The number of nitrogens with zero attached hydrogens (tertiary/aromatic N) is 3. The highest BCUT2D eigenvalue weighted by Gasteiger charge is 2.15. The van der Waals surface area contributed by atoms with Crippen LogP contribution < -0.4 is 5.32 Å². The van der Waals surface area contributed by atoms with Gasteiger partial charge in [0.25, 0.3) is 5.91 Å². The zero-order chi connectivity index (χ0) is 19.4. The topological polar surface area (TPSA) is 80.0 Å². The largest absolute Gasteiger partial charge is 0.386 e. The maximum Gasteiger partial charge on any atom is 0.295 e. The number of aromatic nitrogens is 3. The van der Waals surface area contributed by atoms with E-state index in [-0.39, 0.29) is 18.2 Å². The first kappa shape index (κ1) is 18.7. The molecule has 3 rings (SSSR count). The molecule has 7 heteroatoms. The van der Waals surface area contributed by atoms with Crippen molar-refractivity contribution in [1.82, 2.24) is 14.8 Å². The molecule has 2 aromatic carbocycles. The number of halogens is 1. The second-order valence-electron chi connectivity index (χ2n) is 6.59. The van der Waals surface area contributed by atoms with E-state index in [9.17, 15) is 14.3 Å². The van der Waals surface area contributed by atoms with Crippen LogP contribution in [0.1, 0.15) is 47.6 Å². The van der Waals surface area contributed by atoms with Gasteiger partial charge in [0.15, 0.2) is 0 Å². The summed E-state index contributed by atoms with van der Waals surface area (Å²) in [6.45, 7) is 4.31. The number of amides is 1. The third kappa shape index (κ3) is 4.77. The van der Waals surface area contributed by atoms with Crippen LogP contribution in [0.2, 0.25) is 0 Å². The molecule has 6 nitrogen and oxygen atoms in total. The van der Waals surface area contributed by atoms with Gasteiger partial charge in [0.05, 0.1) is 12.6 Å². The summed E-state index contributed by atoms with van der Waals surface area (Å²) in [6.07, 6.45) is 0.496. The van der Waals surface area contributed by atoms with Crippen molar-refractivity contribution in [3.8, 4) is 0 Å². The highest BCUT2D eigenvalue weighted by atomic mass is 19.1. The summed E-state index contributed by atoms with van der Waals surface area (Å²) in [4.78, 5) is 16.3. The third-order valence-corrected chi connectivity index (χ3v) is 4.19. The van der Waals surface area contributed by atoms with E-state index >= 15 is 0 Å². The number of nitrogens with one attached hydrogen (secondary N) is 1. The van der Waals surface area contributed by atoms with Gasteiger partial charge in [-0.25, -0.2) is 14.1 Å². The van der Waals surface area contributed by atoms with E-state index in [1.165, 1.54) is 40.8 Å². The summed E-state index contributed by atoms with van der Waals surface area (Å²) in [5.74, 6) is -0.372. The Bertz CT molecular complexity index is 904. The van der Waals surface area contributed by atoms with Crippen molar-refractivity contribution >= 4 is 11.6 Å². The van der Waals surface area contributed by atoms with Crippen molar-refractivity contribution in [3.63, 3.8) is 0 Å². The minimum atomic E-state index is -0.883. The summed E-state index contributed by atoms with van der Waals surface area (Å²) in [6, 6.07) is 13.2. The minimum absolute atomic E-state index is 0.00856. The van der Waals surface area contributed by atoms with E-state index in [0.717, 1.165) is 0 Å². The Hall–Kier alpha value is -3.06. The molecule has 0 fully saturated rings. The maximum atomic E-state index is 13.0. The Morgan fingerprint density at radius 2 is 1.74 bits per heavy atom. The fourth-order valence-corrected chi connectivity index (χ4v) is 2.59. The standard InChI is InChI=1S/C20H21FN4O2/c1-13(2)14-5-9-17(10-6-14)23-20(27)19-22-12-25(24-19)11-18(26)15-3-7-16(21)8-4-15/h3-10,12-13,18,26H,11H2,1-2H3,(H,23,27)/t18-/m0/s1. The van der Waals surface area contributed by atoms with Crippen LogP contribution in [0.4, 0.5) is 10.1 Å². The Morgan fingerprint density at radius 1 is 1.11 bits per heavy atom. The van der Waals surface area contributed by atoms with E-state index < -0.39 is 12.0 Å². The summed E-state index contributed by atoms with van der Waals surface area (Å²) in [5.41, 5.74) is 2.40. The van der Waals surface area contributed by atoms with Crippen molar-refractivity contribution in [1.29, 1.82) is 0 Å². The SMILES string of the molecule is CC(C)c1ccc(NC(=O)c2ncn(C[C@H](O)c3ccc(F)cc3)n2)cc1. The number of hydrogen-bond acceptors (Lipinski definition) is 4. The third-order valence-electron chi connectivity index (χ3n) is 4.19. The van der Waals surface area contributed by atoms with Crippen molar-refractivity contribution in [3.05, 3.63) is 77.6 Å². The zero-order valence-electron chi connectivity index (χ0n) is 15.1. The van der Waals surface area contributed by atoms with Gasteiger partial charge in [-0.1, -0.05) is 38.1 Å². The van der Waals surface area contributed by atoms with Crippen molar-refractivity contribution in [2.45, 2.75) is 32.4 Å². The molecule has 1 heterocycles. The highest BCUT2D eigenvalue weighted by Crippen LogP contribution is 2.18. The summed E-state index contributed by atoms with van der Waals surface area (Å²) in [7, 11) is 0. The zero-order valence-corrected chi connectivity index (χ0v) is 15.1. The molecule has 1 amide bonds. The predicted molar refractivity (Wildman–Crippen MR) is 99.9 cm³/mol. The molecular formula is C20H21FN4O2. The number of aliphatic hydroxyl groups is 1. The molecule has 1 atom stereocenters. The van der Waals surface area contributed by atoms with Gasteiger partial charge in [0.2, 0.25) is 5.82 Å². The van der Waals surface area contributed by atoms with Crippen LogP contribution in [-0.2, 0) is 6.54 Å². The average Bonchev–Trinajstić information content (AvgIpc) is 3.11. The lowest BCUT2D eigenvalue weighted by Crippen LogP contribution is -2.15. The monoisotopic (exact) mass is 368 g/mol. The molecule has 0 radical (unpaired) electrons. The lowest BCUT2D eigenvalue weighted by molar-refractivity contribution is 0.101. The van der Waals surface area contributed by atoms with Gasteiger partial charge in [0, 0.05) is 5.69 Å². The molecule has 140 valence electrons. The van der Waals surface area contributed by atoms with Crippen molar-refractivity contribution in [2.75, 3.05) is 5.32 Å². The Labute approximate surface area is 156 Å². The molecule has 0 aliphatic rings. The molecular weight excluding hydrogens is 347 g/mol. The van der Waals surface area contributed by atoms with Crippen molar-refractivity contribution < 1.29 is 14.3 Å². The van der Waals surface area contributed by atoms with Gasteiger partial charge in [-0.3, -0.25) is 4.79 Å². The average molecular weight is 368 g/mol. The molecule has 3 aromatic rings. The van der Waals surface area contributed by atoms with Crippen LogP contribution >= 0.6 is 0 Å². The Balaban J connectivity index is 1.62. The van der Waals surface area contributed by atoms with Gasteiger partial charge in [-0.15, -0.1) is 5.10 Å². The minimum Gasteiger partial charge on any atom is -0.386 e. The normalized spacial score (nSPS) is 12.2. The lowest BCUT2D eigenvalue weighted by atomic mass is 10.0. The van der Waals surface area contributed by atoms with Crippen LogP contribution in [0.25, 0.3) is 0 Å². The number of carbonyl (C=O) groups is 1. The molecule has 1 aromatic heterocycles. The number of anilines is 1. The molecule has 0 saturated carbocycles. The van der Waals surface area contributed by atoms with Crippen LogP contribution in [-0.4, -0.2) is 25.8 Å². The first-order chi connectivity index (χ1) is 12.9. The van der Waals surface area contributed by atoms with Gasteiger partial charge >= 0.3 is 0 Å². The second kappa shape index (κ2) is 8.09. The summed E-state index contributed by atoms with van der Waals surface area (Å²) >= 11 is 0. The smallest absolute Gasteiger partial charge is 0.295 e. The van der Waals surface area contributed by atoms with Gasteiger partial charge in [0.1, 0.15) is 12.1 Å². The quantitative estimate of drug-likeness (QED) is 0.698.